The van der Waals surface area contributed by atoms with E-state index in [2.05, 4.69) is 46.5 Å². The second-order valence-electron chi connectivity index (χ2n) is 6.80. The molecule has 1 aliphatic heterocycles. The van der Waals surface area contributed by atoms with Gasteiger partial charge in [0.1, 0.15) is 5.75 Å². The van der Waals surface area contributed by atoms with E-state index < -0.39 is 0 Å². The van der Waals surface area contributed by atoms with Crippen molar-refractivity contribution in [1.82, 2.24) is 15.1 Å². The van der Waals surface area contributed by atoms with Crippen LogP contribution in [0.2, 0.25) is 0 Å². The molecule has 0 saturated heterocycles. The topological polar surface area (TPSA) is 52.2 Å². The first-order chi connectivity index (χ1) is 11.9. The summed E-state index contributed by atoms with van der Waals surface area (Å²) in [5.41, 5.74) is 8.16. The molecule has 0 radical (unpaired) electrons. The van der Waals surface area contributed by atoms with E-state index in [1.54, 1.807) is 6.07 Å². The van der Waals surface area contributed by atoms with Crippen molar-refractivity contribution in [2.75, 3.05) is 0 Å². The zero-order valence-electron chi connectivity index (χ0n) is 14.6. The first-order valence-electron chi connectivity index (χ1n) is 8.33. The number of aryl methyl sites for hydroxylation is 1. The highest BCUT2D eigenvalue weighted by molar-refractivity contribution is 5.87. The van der Waals surface area contributed by atoms with E-state index in [0.29, 0.717) is 0 Å². The average molecular weight is 331 g/mol. The van der Waals surface area contributed by atoms with Gasteiger partial charge in [-0.25, -0.2) is 0 Å². The van der Waals surface area contributed by atoms with Crippen molar-refractivity contribution >= 4 is 22.2 Å². The number of H-pyrrole nitrogens is 1. The van der Waals surface area contributed by atoms with E-state index in [4.69, 9.17) is 0 Å². The predicted molar refractivity (Wildman–Crippen MR) is 102 cm³/mol. The molecule has 0 aliphatic carbocycles. The highest BCUT2D eigenvalue weighted by Gasteiger charge is 2.23. The SMILES string of the molecule is C=C(C)c1ccc2c(c1)CN(C(=C)c1cc3c(C)[nH]nc3cc1O)C2. The van der Waals surface area contributed by atoms with Crippen LogP contribution < -0.4 is 0 Å². The second kappa shape index (κ2) is 5.52. The summed E-state index contributed by atoms with van der Waals surface area (Å²) in [5.74, 6) is 0.211. The molecule has 0 unspecified atom stereocenters. The van der Waals surface area contributed by atoms with Crippen LogP contribution in [0.25, 0.3) is 22.2 Å². The van der Waals surface area contributed by atoms with Gasteiger partial charge in [-0.15, -0.1) is 0 Å². The molecule has 4 rings (SSSR count). The van der Waals surface area contributed by atoms with Crippen LogP contribution in [0, 0.1) is 6.92 Å². The minimum Gasteiger partial charge on any atom is -0.507 e. The summed E-state index contributed by atoms with van der Waals surface area (Å²) in [6.07, 6.45) is 0. The van der Waals surface area contributed by atoms with Gasteiger partial charge in [0.15, 0.2) is 0 Å². The van der Waals surface area contributed by atoms with Gasteiger partial charge in [0.05, 0.1) is 5.52 Å². The van der Waals surface area contributed by atoms with Gasteiger partial charge >= 0.3 is 0 Å². The zero-order chi connectivity index (χ0) is 17.7. The Bertz CT molecular complexity index is 1030. The number of phenolic OH excluding ortho intramolecular Hbond substituents is 1. The average Bonchev–Trinajstić information content (AvgIpc) is 3.16. The smallest absolute Gasteiger partial charge is 0.127 e. The molecule has 0 amide bonds. The normalized spacial score (nSPS) is 13.3. The fourth-order valence-electron chi connectivity index (χ4n) is 3.43. The third kappa shape index (κ3) is 2.50. The molecule has 126 valence electrons. The number of allylic oxidation sites excluding steroid dienone is 1. The third-order valence-electron chi connectivity index (χ3n) is 4.98. The van der Waals surface area contributed by atoms with E-state index in [0.717, 1.165) is 46.5 Å². The summed E-state index contributed by atoms with van der Waals surface area (Å²) in [4.78, 5) is 2.20. The van der Waals surface area contributed by atoms with Gasteiger partial charge in [-0.1, -0.05) is 30.9 Å². The number of aromatic amines is 1. The Labute approximate surface area is 147 Å². The minimum atomic E-state index is 0.211. The van der Waals surface area contributed by atoms with Crippen LogP contribution in [0.4, 0.5) is 0 Å². The van der Waals surface area contributed by atoms with Gasteiger partial charge in [0.25, 0.3) is 0 Å². The van der Waals surface area contributed by atoms with E-state index >= 15 is 0 Å². The van der Waals surface area contributed by atoms with Crippen molar-refractivity contribution in [2.24, 2.45) is 0 Å². The van der Waals surface area contributed by atoms with Crippen LogP contribution in [0.15, 0.2) is 43.5 Å². The first kappa shape index (κ1) is 15.5. The summed E-state index contributed by atoms with van der Waals surface area (Å²) in [5, 5.41) is 18.6. The predicted octanol–water partition coefficient (Wildman–Crippen LogP) is 4.60. The fourth-order valence-corrected chi connectivity index (χ4v) is 3.43. The highest BCUT2D eigenvalue weighted by atomic mass is 16.3. The molecule has 0 fully saturated rings. The Hall–Kier alpha value is -3.01. The molecule has 1 aromatic heterocycles. The molecular weight excluding hydrogens is 310 g/mol. The maximum atomic E-state index is 10.4. The zero-order valence-corrected chi connectivity index (χ0v) is 14.6. The van der Waals surface area contributed by atoms with Crippen molar-refractivity contribution in [2.45, 2.75) is 26.9 Å². The molecule has 0 atom stereocenters. The maximum Gasteiger partial charge on any atom is 0.127 e. The van der Waals surface area contributed by atoms with Crippen LogP contribution in [-0.2, 0) is 13.1 Å². The molecule has 3 aromatic rings. The van der Waals surface area contributed by atoms with Gasteiger partial charge < -0.3 is 10.0 Å². The number of hydrogen-bond acceptors (Lipinski definition) is 3. The lowest BCUT2D eigenvalue weighted by molar-refractivity contribution is 0.417. The molecule has 2 heterocycles. The lowest BCUT2D eigenvalue weighted by Gasteiger charge is -2.21. The quantitative estimate of drug-likeness (QED) is 0.737. The molecule has 25 heavy (non-hydrogen) atoms. The molecule has 0 saturated carbocycles. The number of aromatic nitrogens is 2. The minimum absolute atomic E-state index is 0.211. The second-order valence-corrected chi connectivity index (χ2v) is 6.80. The number of nitrogens with zero attached hydrogens (tertiary/aromatic N) is 2. The lowest BCUT2D eigenvalue weighted by Crippen LogP contribution is -2.13. The van der Waals surface area contributed by atoms with E-state index in [1.807, 2.05) is 19.9 Å². The van der Waals surface area contributed by atoms with Crippen LogP contribution >= 0.6 is 0 Å². The van der Waals surface area contributed by atoms with Crippen LogP contribution in [0.1, 0.15) is 34.9 Å². The Morgan fingerprint density at radius 2 is 1.92 bits per heavy atom. The monoisotopic (exact) mass is 331 g/mol. The number of aromatic hydroxyl groups is 1. The van der Waals surface area contributed by atoms with Gasteiger partial charge in [-0.05, 0) is 42.7 Å². The van der Waals surface area contributed by atoms with Crippen molar-refractivity contribution in [3.8, 4) is 5.75 Å². The van der Waals surface area contributed by atoms with Crippen molar-refractivity contribution < 1.29 is 5.11 Å². The number of hydrogen-bond donors (Lipinski definition) is 2. The number of phenols is 1. The maximum absolute atomic E-state index is 10.4. The van der Waals surface area contributed by atoms with Crippen molar-refractivity contribution in [1.29, 1.82) is 0 Å². The van der Waals surface area contributed by atoms with Crippen LogP contribution in [0.3, 0.4) is 0 Å². The van der Waals surface area contributed by atoms with E-state index in [-0.39, 0.29) is 5.75 Å². The number of fused-ring (bicyclic) bond motifs is 2. The summed E-state index contributed by atoms with van der Waals surface area (Å²) in [7, 11) is 0. The number of rotatable bonds is 3. The summed E-state index contributed by atoms with van der Waals surface area (Å²) >= 11 is 0. The van der Waals surface area contributed by atoms with Crippen molar-refractivity contribution in [3.63, 3.8) is 0 Å². The Balaban J connectivity index is 1.67. The Morgan fingerprint density at radius 3 is 2.68 bits per heavy atom. The molecular formula is C21H21N3O. The van der Waals surface area contributed by atoms with E-state index in [9.17, 15) is 5.11 Å². The van der Waals surface area contributed by atoms with E-state index in [1.165, 1.54) is 16.7 Å². The number of nitrogens with one attached hydrogen (secondary N) is 1. The highest BCUT2D eigenvalue weighted by Crippen LogP contribution is 2.36. The van der Waals surface area contributed by atoms with Gasteiger partial charge in [0, 0.05) is 41.5 Å². The van der Waals surface area contributed by atoms with Crippen LogP contribution in [-0.4, -0.2) is 20.2 Å². The molecule has 1 aliphatic rings. The first-order valence-corrected chi connectivity index (χ1v) is 8.33. The summed E-state index contributed by atoms with van der Waals surface area (Å²) < 4.78 is 0. The summed E-state index contributed by atoms with van der Waals surface area (Å²) in [6.45, 7) is 13.9. The largest absolute Gasteiger partial charge is 0.507 e. The van der Waals surface area contributed by atoms with Gasteiger partial charge in [-0.2, -0.15) is 5.10 Å². The summed E-state index contributed by atoms with van der Waals surface area (Å²) in [6, 6.07) is 10.1. The molecule has 4 heteroatoms. The molecule has 4 nitrogen and oxygen atoms in total. The fraction of sp³-hybridized carbons (Fsp3) is 0.190. The molecule has 0 spiro atoms. The van der Waals surface area contributed by atoms with Crippen LogP contribution in [0.5, 0.6) is 5.75 Å². The molecule has 2 aromatic carbocycles. The Kier molecular flexibility index (Phi) is 3.42. The standard InChI is InChI=1S/C21H21N3O/c1-12(2)15-5-6-16-10-24(11-17(16)7-15)14(4)19-8-18-13(3)22-23-20(18)9-21(19)25/h5-9,25H,1,4,10-11H2,2-3H3,(H,22,23). The molecule has 2 N–H and O–H groups in total. The third-order valence-corrected chi connectivity index (χ3v) is 4.98. The van der Waals surface area contributed by atoms with Gasteiger partial charge in [-0.3, -0.25) is 5.10 Å². The molecule has 0 bridgehead atoms. The van der Waals surface area contributed by atoms with Crippen molar-refractivity contribution in [3.05, 3.63) is 71.4 Å². The Morgan fingerprint density at radius 1 is 1.16 bits per heavy atom. The van der Waals surface area contributed by atoms with Gasteiger partial charge in [0.2, 0.25) is 0 Å². The lowest BCUT2D eigenvalue weighted by atomic mass is 10.0. The number of benzene rings is 2.